The van der Waals surface area contributed by atoms with E-state index in [1.54, 1.807) is 11.4 Å². The smallest absolute Gasteiger partial charge is 0.348 e. The average molecular weight is 201 g/mol. The Morgan fingerprint density at radius 1 is 1.85 bits per heavy atom. The van der Waals surface area contributed by atoms with Gasteiger partial charge in [-0.1, -0.05) is 0 Å². The van der Waals surface area contributed by atoms with Gasteiger partial charge in [0.2, 0.25) is 0 Å². The fourth-order valence-corrected chi connectivity index (χ4v) is 1.84. The molecule has 0 aliphatic rings. The van der Waals surface area contributed by atoms with Gasteiger partial charge in [-0.05, 0) is 11.4 Å². The van der Waals surface area contributed by atoms with Crippen LogP contribution in [0.4, 0.5) is 0 Å². The number of thiophene rings is 1. The van der Waals surface area contributed by atoms with Crippen LogP contribution in [0, 0.1) is 0 Å². The number of carbonyl (C=O) groups excluding carboxylic acids is 1. The minimum absolute atomic E-state index is 0.0979. The van der Waals surface area contributed by atoms with Crippen LogP contribution in [0.2, 0.25) is 0 Å². The Bertz CT molecular complexity index is 297. The third-order valence-electron chi connectivity index (χ3n) is 1.65. The zero-order valence-corrected chi connectivity index (χ0v) is 8.00. The Labute approximate surface area is 79.9 Å². The summed E-state index contributed by atoms with van der Waals surface area (Å²) in [6.45, 7) is 0.0979. The Balaban J connectivity index is 2.95. The molecule has 1 rings (SSSR count). The molecule has 5 heteroatoms. The number of carbonyl (C=O) groups is 1. The highest BCUT2D eigenvalue weighted by molar-refractivity contribution is 7.12. The highest BCUT2D eigenvalue weighted by Gasteiger charge is 2.18. The second-order valence-electron chi connectivity index (χ2n) is 2.45. The Hall–Kier alpha value is -0.910. The lowest BCUT2D eigenvalue weighted by atomic mass is 10.1. The van der Waals surface area contributed by atoms with Gasteiger partial charge in [0, 0.05) is 12.1 Å². The van der Waals surface area contributed by atoms with Gasteiger partial charge in [-0.25, -0.2) is 4.79 Å². The molecule has 0 spiro atoms. The molecule has 0 unspecified atom stereocenters. The fourth-order valence-electron chi connectivity index (χ4n) is 0.967. The molecule has 13 heavy (non-hydrogen) atoms. The van der Waals surface area contributed by atoms with Crippen LogP contribution in [0.1, 0.15) is 21.3 Å². The zero-order chi connectivity index (χ0) is 9.84. The molecule has 0 saturated carbocycles. The third-order valence-corrected chi connectivity index (χ3v) is 2.56. The molecule has 1 atom stereocenters. The van der Waals surface area contributed by atoms with Gasteiger partial charge in [0.25, 0.3) is 0 Å². The van der Waals surface area contributed by atoms with Crippen molar-refractivity contribution in [2.24, 2.45) is 5.73 Å². The molecule has 0 fully saturated rings. The molecule has 0 bridgehead atoms. The van der Waals surface area contributed by atoms with E-state index in [1.165, 1.54) is 18.4 Å². The van der Waals surface area contributed by atoms with Crippen LogP contribution in [-0.2, 0) is 4.74 Å². The van der Waals surface area contributed by atoms with Crippen molar-refractivity contribution in [3.8, 4) is 0 Å². The number of aliphatic hydroxyl groups excluding tert-OH is 1. The summed E-state index contributed by atoms with van der Waals surface area (Å²) in [7, 11) is 1.31. The van der Waals surface area contributed by atoms with E-state index in [2.05, 4.69) is 4.74 Å². The summed E-state index contributed by atoms with van der Waals surface area (Å²) in [5.41, 5.74) is 5.82. The monoisotopic (exact) mass is 201 g/mol. The van der Waals surface area contributed by atoms with E-state index in [-0.39, 0.29) is 6.54 Å². The topological polar surface area (TPSA) is 72.5 Å². The highest BCUT2D eigenvalue weighted by Crippen LogP contribution is 2.23. The van der Waals surface area contributed by atoms with Crippen LogP contribution in [-0.4, -0.2) is 24.7 Å². The van der Waals surface area contributed by atoms with Crippen molar-refractivity contribution in [3.05, 3.63) is 21.9 Å². The maximum Gasteiger partial charge on any atom is 0.348 e. The number of rotatable bonds is 3. The molecule has 1 aromatic heterocycles. The first-order chi connectivity index (χ1) is 6.20. The predicted octanol–water partition coefficient (Wildman–Crippen LogP) is 0.527. The lowest BCUT2D eigenvalue weighted by molar-refractivity contribution is 0.0600. The summed E-state index contributed by atoms with van der Waals surface area (Å²) in [4.78, 5) is 11.6. The zero-order valence-electron chi connectivity index (χ0n) is 7.19. The molecular weight excluding hydrogens is 190 g/mol. The van der Waals surface area contributed by atoms with E-state index in [9.17, 15) is 9.90 Å². The molecule has 0 radical (unpaired) electrons. The molecule has 0 saturated heterocycles. The van der Waals surface area contributed by atoms with Crippen molar-refractivity contribution in [2.75, 3.05) is 13.7 Å². The van der Waals surface area contributed by atoms with Gasteiger partial charge >= 0.3 is 5.97 Å². The first-order valence-electron chi connectivity index (χ1n) is 3.74. The maximum absolute atomic E-state index is 11.2. The molecule has 0 aliphatic carbocycles. The largest absolute Gasteiger partial charge is 0.465 e. The summed E-state index contributed by atoms with van der Waals surface area (Å²) in [6, 6.07) is 1.68. The number of methoxy groups -OCH3 is 1. The van der Waals surface area contributed by atoms with Crippen LogP contribution >= 0.6 is 11.3 Å². The number of nitrogens with two attached hydrogens (primary N) is 1. The molecular formula is C8H11NO3S. The number of esters is 1. The van der Waals surface area contributed by atoms with E-state index in [4.69, 9.17) is 5.73 Å². The molecule has 0 aromatic carbocycles. The molecule has 3 N–H and O–H groups in total. The van der Waals surface area contributed by atoms with Crippen LogP contribution < -0.4 is 5.73 Å². The molecule has 0 amide bonds. The Kier molecular flexibility index (Phi) is 3.41. The van der Waals surface area contributed by atoms with E-state index < -0.39 is 12.1 Å². The summed E-state index contributed by atoms with van der Waals surface area (Å²) in [6.07, 6.45) is -0.791. The average Bonchev–Trinajstić information content (AvgIpc) is 2.63. The highest BCUT2D eigenvalue weighted by atomic mass is 32.1. The van der Waals surface area contributed by atoms with Gasteiger partial charge in [0.1, 0.15) is 4.88 Å². The van der Waals surface area contributed by atoms with Crippen molar-refractivity contribution in [3.63, 3.8) is 0 Å². The lowest BCUT2D eigenvalue weighted by Crippen LogP contribution is -2.14. The van der Waals surface area contributed by atoms with Crippen molar-refractivity contribution in [1.82, 2.24) is 0 Å². The number of ether oxygens (including phenoxy) is 1. The lowest BCUT2D eigenvalue weighted by Gasteiger charge is -2.07. The van der Waals surface area contributed by atoms with E-state index in [0.29, 0.717) is 10.4 Å². The van der Waals surface area contributed by atoms with E-state index in [1.807, 2.05) is 0 Å². The van der Waals surface area contributed by atoms with Gasteiger partial charge in [-0.15, -0.1) is 11.3 Å². The Morgan fingerprint density at radius 3 is 3.08 bits per heavy atom. The third kappa shape index (κ3) is 2.06. The van der Waals surface area contributed by atoms with E-state index in [0.717, 1.165) is 0 Å². The van der Waals surface area contributed by atoms with Crippen molar-refractivity contribution >= 4 is 17.3 Å². The second-order valence-corrected chi connectivity index (χ2v) is 3.36. The van der Waals surface area contributed by atoms with Gasteiger partial charge in [0.15, 0.2) is 0 Å². The van der Waals surface area contributed by atoms with Crippen molar-refractivity contribution in [2.45, 2.75) is 6.10 Å². The van der Waals surface area contributed by atoms with Crippen LogP contribution in [0.15, 0.2) is 11.4 Å². The van der Waals surface area contributed by atoms with Gasteiger partial charge in [-0.3, -0.25) is 0 Å². The standard InChI is InChI=1S/C8H11NO3S/c1-12-8(11)7-5(2-3-13-7)6(10)4-9/h2-3,6,10H,4,9H2,1H3/t6-/m0/s1. The summed E-state index contributed by atoms with van der Waals surface area (Å²) >= 11 is 1.24. The quantitative estimate of drug-likeness (QED) is 0.699. The van der Waals surface area contributed by atoms with Crippen LogP contribution in [0.25, 0.3) is 0 Å². The van der Waals surface area contributed by atoms with Gasteiger partial charge in [0.05, 0.1) is 13.2 Å². The minimum atomic E-state index is -0.791. The first kappa shape index (κ1) is 10.2. The Morgan fingerprint density at radius 2 is 2.54 bits per heavy atom. The predicted molar refractivity (Wildman–Crippen MR) is 49.7 cm³/mol. The van der Waals surface area contributed by atoms with Crippen molar-refractivity contribution < 1.29 is 14.6 Å². The fraction of sp³-hybridized carbons (Fsp3) is 0.375. The molecule has 0 aliphatic heterocycles. The molecule has 1 heterocycles. The number of hydrogen-bond donors (Lipinski definition) is 2. The number of hydrogen-bond acceptors (Lipinski definition) is 5. The normalized spacial score (nSPS) is 12.5. The first-order valence-corrected chi connectivity index (χ1v) is 4.62. The summed E-state index contributed by atoms with van der Waals surface area (Å²) < 4.78 is 4.55. The summed E-state index contributed by atoms with van der Waals surface area (Å²) in [5.74, 6) is -0.433. The van der Waals surface area contributed by atoms with Gasteiger partial charge < -0.3 is 15.6 Å². The van der Waals surface area contributed by atoms with Gasteiger partial charge in [-0.2, -0.15) is 0 Å². The van der Waals surface area contributed by atoms with Crippen LogP contribution in [0.5, 0.6) is 0 Å². The molecule has 4 nitrogen and oxygen atoms in total. The second kappa shape index (κ2) is 4.36. The minimum Gasteiger partial charge on any atom is -0.465 e. The number of aliphatic hydroxyl groups is 1. The SMILES string of the molecule is COC(=O)c1sccc1[C@@H](O)CN. The molecule has 72 valence electrons. The van der Waals surface area contributed by atoms with Crippen LogP contribution in [0.3, 0.4) is 0 Å². The summed E-state index contributed by atoms with van der Waals surface area (Å²) in [5, 5.41) is 11.1. The maximum atomic E-state index is 11.2. The van der Waals surface area contributed by atoms with Crippen molar-refractivity contribution in [1.29, 1.82) is 0 Å². The van der Waals surface area contributed by atoms with E-state index >= 15 is 0 Å². The molecule has 1 aromatic rings.